The smallest absolute Gasteiger partial charge is 0.234 e. The summed E-state index contributed by atoms with van der Waals surface area (Å²) in [6.07, 6.45) is 0.858. The zero-order chi connectivity index (χ0) is 11.8. The van der Waals surface area contributed by atoms with Crippen LogP contribution in [-0.2, 0) is 13.0 Å². The third-order valence-corrected chi connectivity index (χ3v) is 3.08. The number of rotatable bonds is 3. The summed E-state index contributed by atoms with van der Waals surface area (Å²) in [5, 5.41) is 17.1. The van der Waals surface area contributed by atoms with E-state index in [2.05, 4.69) is 48.3 Å². The van der Waals surface area contributed by atoms with Crippen molar-refractivity contribution in [1.82, 2.24) is 25.1 Å². The minimum atomic E-state index is 0.111. The summed E-state index contributed by atoms with van der Waals surface area (Å²) in [5.41, 5.74) is 0.111. The van der Waals surface area contributed by atoms with E-state index >= 15 is 0 Å². The van der Waals surface area contributed by atoms with Crippen molar-refractivity contribution >= 4 is 16.3 Å². The van der Waals surface area contributed by atoms with E-state index in [4.69, 9.17) is 0 Å². The molecule has 0 atom stereocenters. The highest BCUT2D eigenvalue weighted by atomic mass is 32.1. The first kappa shape index (κ1) is 11.5. The van der Waals surface area contributed by atoms with Crippen molar-refractivity contribution in [3.63, 3.8) is 0 Å². The Bertz CT molecular complexity index is 479. The van der Waals surface area contributed by atoms with E-state index in [-0.39, 0.29) is 5.54 Å². The van der Waals surface area contributed by atoms with Crippen LogP contribution in [0, 0.1) is 0 Å². The third kappa shape index (κ3) is 2.38. The molecule has 2 rings (SSSR count). The molecular formula is C10H17N5S. The van der Waals surface area contributed by atoms with Crippen LogP contribution in [0.1, 0.15) is 38.5 Å². The van der Waals surface area contributed by atoms with Crippen LogP contribution in [0.2, 0.25) is 0 Å². The summed E-state index contributed by atoms with van der Waals surface area (Å²) in [7, 11) is 0. The summed E-state index contributed by atoms with van der Waals surface area (Å²) in [4.78, 5) is 0.877. The molecule has 0 fully saturated rings. The number of aryl methyl sites for hydroxylation is 1. The van der Waals surface area contributed by atoms with Crippen LogP contribution in [0.3, 0.4) is 0 Å². The molecule has 0 bridgehead atoms. The average Bonchev–Trinajstić information content (AvgIpc) is 2.71. The second-order valence-corrected chi connectivity index (χ2v) is 5.80. The molecule has 2 aromatic rings. The highest BCUT2D eigenvalue weighted by molar-refractivity contribution is 7.16. The SMILES string of the molecule is CCc1nnc2sc(CNC(C)(C)C)nn12. The van der Waals surface area contributed by atoms with Crippen molar-refractivity contribution in [2.45, 2.75) is 46.2 Å². The normalized spacial score (nSPS) is 12.5. The molecule has 0 aliphatic heterocycles. The molecule has 0 unspecified atom stereocenters. The molecule has 88 valence electrons. The van der Waals surface area contributed by atoms with Crippen LogP contribution in [0.4, 0.5) is 0 Å². The first-order valence-electron chi connectivity index (χ1n) is 5.44. The Morgan fingerprint density at radius 3 is 2.69 bits per heavy atom. The highest BCUT2D eigenvalue weighted by Gasteiger charge is 2.13. The number of nitrogens with one attached hydrogen (secondary N) is 1. The zero-order valence-corrected chi connectivity index (χ0v) is 10.9. The lowest BCUT2D eigenvalue weighted by Gasteiger charge is -2.19. The fraction of sp³-hybridized carbons (Fsp3) is 0.700. The van der Waals surface area contributed by atoms with E-state index < -0.39 is 0 Å². The van der Waals surface area contributed by atoms with E-state index in [9.17, 15) is 0 Å². The first-order chi connectivity index (χ1) is 7.49. The summed E-state index contributed by atoms with van der Waals surface area (Å²) >= 11 is 1.59. The molecule has 0 aliphatic carbocycles. The monoisotopic (exact) mass is 239 g/mol. The number of fused-ring (bicyclic) bond motifs is 1. The van der Waals surface area contributed by atoms with Crippen LogP contribution in [0.15, 0.2) is 0 Å². The van der Waals surface area contributed by atoms with E-state index in [1.165, 1.54) is 0 Å². The standard InChI is InChI=1S/C10H17N5S/c1-5-7-12-13-9-15(7)14-8(16-9)6-11-10(2,3)4/h11H,5-6H2,1-4H3. The molecule has 0 aromatic carbocycles. The van der Waals surface area contributed by atoms with Gasteiger partial charge in [-0.3, -0.25) is 0 Å². The number of hydrogen-bond donors (Lipinski definition) is 1. The van der Waals surface area contributed by atoms with Crippen molar-refractivity contribution in [2.75, 3.05) is 0 Å². The van der Waals surface area contributed by atoms with Gasteiger partial charge in [-0.25, -0.2) is 0 Å². The summed E-state index contributed by atoms with van der Waals surface area (Å²) < 4.78 is 1.84. The van der Waals surface area contributed by atoms with Crippen molar-refractivity contribution in [3.05, 3.63) is 10.8 Å². The predicted molar refractivity (Wildman–Crippen MR) is 64.6 cm³/mol. The molecule has 0 radical (unpaired) electrons. The van der Waals surface area contributed by atoms with Gasteiger partial charge in [0.05, 0.1) is 6.54 Å². The second kappa shape index (κ2) is 4.10. The molecule has 0 spiro atoms. The van der Waals surface area contributed by atoms with E-state index in [0.29, 0.717) is 0 Å². The Hall–Kier alpha value is -1.01. The lowest BCUT2D eigenvalue weighted by atomic mass is 10.1. The number of hydrogen-bond acceptors (Lipinski definition) is 5. The second-order valence-electron chi connectivity index (χ2n) is 4.76. The Morgan fingerprint density at radius 2 is 2.06 bits per heavy atom. The van der Waals surface area contributed by atoms with Gasteiger partial charge in [0.15, 0.2) is 5.82 Å². The Kier molecular flexibility index (Phi) is 2.94. The van der Waals surface area contributed by atoms with Crippen LogP contribution in [-0.4, -0.2) is 25.4 Å². The fourth-order valence-electron chi connectivity index (χ4n) is 1.33. The molecular weight excluding hydrogens is 222 g/mol. The molecule has 16 heavy (non-hydrogen) atoms. The Morgan fingerprint density at radius 1 is 1.31 bits per heavy atom. The molecule has 0 amide bonds. The lowest BCUT2D eigenvalue weighted by Crippen LogP contribution is -2.35. The van der Waals surface area contributed by atoms with Crippen molar-refractivity contribution in [3.8, 4) is 0 Å². The zero-order valence-electron chi connectivity index (χ0n) is 10.1. The van der Waals surface area contributed by atoms with Gasteiger partial charge in [0.1, 0.15) is 5.01 Å². The molecule has 0 saturated heterocycles. The van der Waals surface area contributed by atoms with Gasteiger partial charge in [-0.2, -0.15) is 9.61 Å². The van der Waals surface area contributed by atoms with Crippen molar-refractivity contribution in [1.29, 1.82) is 0 Å². The van der Waals surface area contributed by atoms with E-state index in [0.717, 1.165) is 28.8 Å². The molecule has 2 heterocycles. The number of nitrogens with zero attached hydrogens (tertiary/aromatic N) is 4. The van der Waals surface area contributed by atoms with Crippen LogP contribution >= 0.6 is 11.3 Å². The summed E-state index contributed by atoms with van der Waals surface area (Å²) in [6.45, 7) is 9.27. The van der Waals surface area contributed by atoms with Gasteiger partial charge in [0.2, 0.25) is 4.96 Å². The molecule has 1 N–H and O–H groups in total. The first-order valence-corrected chi connectivity index (χ1v) is 6.26. The molecule has 0 saturated carbocycles. The predicted octanol–water partition coefficient (Wildman–Crippen LogP) is 1.64. The minimum Gasteiger partial charge on any atom is -0.306 e. The molecule has 6 heteroatoms. The quantitative estimate of drug-likeness (QED) is 0.884. The summed E-state index contributed by atoms with van der Waals surface area (Å²) in [6, 6.07) is 0. The lowest BCUT2D eigenvalue weighted by molar-refractivity contribution is 0.422. The van der Waals surface area contributed by atoms with E-state index in [1.807, 2.05) is 4.52 Å². The Balaban J connectivity index is 2.17. The van der Waals surface area contributed by atoms with Crippen molar-refractivity contribution in [2.24, 2.45) is 0 Å². The van der Waals surface area contributed by atoms with Gasteiger partial charge >= 0.3 is 0 Å². The van der Waals surface area contributed by atoms with Crippen LogP contribution in [0.5, 0.6) is 0 Å². The maximum atomic E-state index is 4.49. The third-order valence-electron chi connectivity index (χ3n) is 2.18. The molecule has 2 aromatic heterocycles. The number of aromatic nitrogens is 4. The van der Waals surface area contributed by atoms with Gasteiger partial charge in [-0.15, -0.1) is 10.2 Å². The van der Waals surface area contributed by atoms with Gasteiger partial charge in [-0.1, -0.05) is 18.3 Å². The van der Waals surface area contributed by atoms with Gasteiger partial charge in [-0.05, 0) is 20.8 Å². The van der Waals surface area contributed by atoms with Crippen molar-refractivity contribution < 1.29 is 0 Å². The van der Waals surface area contributed by atoms with E-state index in [1.54, 1.807) is 11.3 Å². The van der Waals surface area contributed by atoms with Crippen LogP contribution in [0.25, 0.3) is 4.96 Å². The van der Waals surface area contributed by atoms with Gasteiger partial charge < -0.3 is 5.32 Å². The maximum absolute atomic E-state index is 4.49. The molecule has 0 aliphatic rings. The maximum Gasteiger partial charge on any atom is 0.234 e. The van der Waals surface area contributed by atoms with Gasteiger partial charge in [0, 0.05) is 12.0 Å². The fourth-order valence-corrected chi connectivity index (χ4v) is 2.12. The minimum absolute atomic E-state index is 0.111. The average molecular weight is 239 g/mol. The highest BCUT2D eigenvalue weighted by Crippen LogP contribution is 2.14. The largest absolute Gasteiger partial charge is 0.306 e. The topological polar surface area (TPSA) is 55.1 Å². The Labute approximate surface area is 98.9 Å². The van der Waals surface area contributed by atoms with Gasteiger partial charge in [0.25, 0.3) is 0 Å². The summed E-state index contributed by atoms with van der Waals surface area (Å²) in [5.74, 6) is 0.924. The molecule has 5 nitrogen and oxygen atoms in total. The van der Waals surface area contributed by atoms with Crippen LogP contribution < -0.4 is 5.32 Å².